The molecule has 2 N–H and O–H groups in total. The number of carbonyl (C=O) groups excluding carboxylic acids is 1. The summed E-state index contributed by atoms with van der Waals surface area (Å²) in [7, 11) is 0. The second-order valence-corrected chi connectivity index (χ2v) is 4.34. The Hall–Kier alpha value is -2.37. The predicted molar refractivity (Wildman–Crippen MR) is 72.8 cm³/mol. The predicted octanol–water partition coefficient (Wildman–Crippen LogP) is 2.39. The number of esters is 1. The largest absolute Gasteiger partial charge is 0.461 e. The first kappa shape index (κ1) is 14.0. The zero-order valence-electron chi connectivity index (χ0n) is 11.3. The smallest absolute Gasteiger partial charge is 0.360 e. The van der Waals surface area contributed by atoms with Gasteiger partial charge in [-0.3, -0.25) is 0 Å². The van der Waals surface area contributed by atoms with Crippen molar-refractivity contribution < 1.29 is 13.9 Å². The lowest BCUT2D eigenvalue weighted by Crippen LogP contribution is -2.12. The summed E-state index contributed by atoms with van der Waals surface area (Å²) < 4.78 is 19.7. The minimum absolute atomic E-state index is 0.0788. The molecule has 20 heavy (non-hydrogen) atoms. The van der Waals surface area contributed by atoms with Crippen molar-refractivity contribution in [1.82, 2.24) is 9.55 Å². The van der Waals surface area contributed by atoms with Crippen molar-refractivity contribution in [2.24, 2.45) is 0 Å². The second-order valence-electron chi connectivity index (χ2n) is 4.34. The number of aromatic nitrogens is 2. The standard InChI is InChI=1S/C14H16FN3O2/c1-3-20-14(19)12-13(16)18(8-17-12)9(2)10-5-4-6-11(15)7-10/h4-9H,3,16H2,1-2H3. The third-order valence-electron chi connectivity index (χ3n) is 3.05. The molecule has 1 aromatic heterocycles. The van der Waals surface area contributed by atoms with Crippen LogP contribution < -0.4 is 5.73 Å². The number of carbonyl (C=O) groups is 1. The van der Waals surface area contributed by atoms with Crippen molar-refractivity contribution in [2.45, 2.75) is 19.9 Å². The molecule has 0 aliphatic carbocycles. The highest BCUT2D eigenvalue weighted by atomic mass is 19.1. The van der Waals surface area contributed by atoms with E-state index in [1.165, 1.54) is 18.5 Å². The molecule has 2 aromatic rings. The number of hydrogen-bond donors (Lipinski definition) is 1. The lowest BCUT2D eigenvalue weighted by molar-refractivity contribution is 0.0521. The summed E-state index contributed by atoms with van der Waals surface area (Å²) in [6.45, 7) is 3.81. The van der Waals surface area contributed by atoms with Gasteiger partial charge in [0, 0.05) is 0 Å². The number of nitrogens with two attached hydrogens (primary N) is 1. The van der Waals surface area contributed by atoms with Crippen LogP contribution in [0, 0.1) is 5.82 Å². The number of ether oxygens (including phenoxy) is 1. The molecule has 1 heterocycles. The number of halogens is 1. The molecule has 0 fully saturated rings. The van der Waals surface area contributed by atoms with Crippen LogP contribution in [0.15, 0.2) is 30.6 Å². The second kappa shape index (κ2) is 5.73. The molecular weight excluding hydrogens is 261 g/mol. The third kappa shape index (κ3) is 2.64. The lowest BCUT2D eigenvalue weighted by Gasteiger charge is -2.15. The molecule has 1 unspecified atom stereocenters. The normalized spacial score (nSPS) is 12.2. The van der Waals surface area contributed by atoms with E-state index < -0.39 is 5.97 Å². The number of anilines is 1. The highest BCUT2D eigenvalue weighted by Crippen LogP contribution is 2.23. The van der Waals surface area contributed by atoms with Crippen LogP contribution in [0.25, 0.3) is 0 Å². The fraction of sp³-hybridized carbons (Fsp3) is 0.286. The van der Waals surface area contributed by atoms with Gasteiger partial charge in [0.2, 0.25) is 0 Å². The van der Waals surface area contributed by atoms with Crippen molar-refractivity contribution in [3.8, 4) is 0 Å². The van der Waals surface area contributed by atoms with Crippen molar-refractivity contribution in [3.63, 3.8) is 0 Å². The van der Waals surface area contributed by atoms with Crippen molar-refractivity contribution >= 4 is 11.8 Å². The van der Waals surface area contributed by atoms with Crippen LogP contribution in [-0.4, -0.2) is 22.1 Å². The number of imidazole rings is 1. The molecule has 0 aliphatic heterocycles. The molecule has 0 spiro atoms. The van der Waals surface area contributed by atoms with Gasteiger partial charge < -0.3 is 15.0 Å². The van der Waals surface area contributed by atoms with Gasteiger partial charge in [0.05, 0.1) is 19.0 Å². The van der Waals surface area contributed by atoms with Gasteiger partial charge in [-0.1, -0.05) is 12.1 Å². The van der Waals surface area contributed by atoms with Gasteiger partial charge >= 0.3 is 5.97 Å². The van der Waals surface area contributed by atoms with Gasteiger partial charge in [0.1, 0.15) is 11.6 Å². The molecule has 0 saturated carbocycles. The quantitative estimate of drug-likeness (QED) is 0.871. The van der Waals surface area contributed by atoms with E-state index in [4.69, 9.17) is 10.5 Å². The summed E-state index contributed by atoms with van der Waals surface area (Å²) >= 11 is 0. The topological polar surface area (TPSA) is 70.1 Å². The summed E-state index contributed by atoms with van der Waals surface area (Å²) in [5.41, 5.74) is 6.74. The van der Waals surface area contributed by atoms with Crippen LogP contribution in [-0.2, 0) is 4.74 Å². The summed E-state index contributed by atoms with van der Waals surface area (Å²) in [6.07, 6.45) is 1.46. The van der Waals surface area contributed by atoms with Gasteiger partial charge in [0.15, 0.2) is 5.69 Å². The number of nitrogen functional groups attached to an aromatic ring is 1. The Morgan fingerprint density at radius 2 is 2.30 bits per heavy atom. The van der Waals surface area contributed by atoms with E-state index in [0.29, 0.717) is 0 Å². The molecule has 1 aromatic carbocycles. The molecule has 6 heteroatoms. The minimum Gasteiger partial charge on any atom is -0.461 e. The van der Waals surface area contributed by atoms with Gasteiger partial charge in [-0.15, -0.1) is 0 Å². The monoisotopic (exact) mass is 277 g/mol. The fourth-order valence-corrected chi connectivity index (χ4v) is 1.96. The average Bonchev–Trinajstić information content (AvgIpc) is 2.80. The van der Waals surface area contributed by atoms with Crippen LogP contribution in [0.3, 0.4) is 0 Å². The van der Waals surface area contributed by atoms with E-state index >= 15 is 0 Å². The van der Waals surface area contributed by atoms with Crippen molar-refractivity contribution in [3.05, 3.63) is 47.7 Å². The first-order valence-corrected chi connectivity index (χ1v) is 6.29. The van der Waals surface area contributed by atoms with Crippen LogP contribution >= 0.6 is 0 Å². The fourth-order valence-electron chi connectivity index (χ4n) is 1.96. The van der Waals surface area contributed by atoms with Gasteiger partial charge in [-0.25, -0.2) is 14.2 Å². The van der Waals surface area contributed by atoms with Crippen LogP contribution in [0.4, 0.5) is 10.2 Å². The van der Waals surface area contributed by atoms with Crippen LogP contribution in [0.5, 0.6) is 0 Å². The third-order valence-corrected chi connectivity index (χ3v) is 3.05. The van der Waals surface area contributed by atoms with E-state index in [1.807, 2.05) is 6.92 Å². The van der Waals surface area contributed by atoms with Crippen molar-refractivity contribution in [2.75, 3.05) is 12.3 Å². The van der Waals surface area contributed by atoms with E-state index in [-0.39, 0.29) is 30.0 Å². The Morgan fingerprint density at radius 3 is 2.95 bits per heavy atom. The van der Waals surface area contributed by atoms with E-state index in [0.717, 1.165) is 5.56 Å². The molecule has 106 valence electrons. The molecular formula is C14H16FN3O2. The number of hydrogen-bond acceptors (Lipinski definition) is 4. The van der Waals surface area contributed by atoms with Gasteiger partial charge in [-0.2, -0.15) is 0 Å². The van der Waals surface area contributed by atoms with Crippen molar-refractivity contribution in [1.29, 1.82) is 0 Å². The Morgan fingerprint density at radius 1 is 1.55 bits per heavy atom. The van der Waals surface area contributed by atoms with E-state index in [9.17, 15) is 9.18 Å². The highest BCUT2D eigenvalue weighted by Gasteiger charge is 2.20. The summed E-state index contributed by atoms with van der Waals surface area (Å²) in [5, 5.41) is 0. The SMILES string of the molecule is CCOC(=O)c1ncn(C(C)c2cccc(F)c2)c1N. The Bertz CT molecular complexity index is 625. The summed E-state index contributed by atoms with van der Waals surface area (Å²) in [5.74, 6) is -0.672. The Kier molecular flexibility index (Phi) is 4.02. The summed E-state index contributed by atoms with van der Waals surface area (Å²) in [6, 6.07) is 5.98. The molecule has 5 nitrogen and oxygen atoms in total. The van der Waals surface area contributed by atoms with Crippen LogP contribution in [0.1, 0.15) is 35.9 Å². The number of benzene rings is 1. The highest BCUT2D eigenvalue weighted by molar-refractivity contribution is 5.92. The summed E-state index contributed by atoms with van der Waals surface area (Å²) in [4.78, 5) is 15.6. The Labute approximate surface area is 116 Å². The zero-order valence-corrected chi connectivity index (χ0v) is 11.3. The molecule has 0 saturated heterocycles. The first-order chi connectivity index (χ1) is 9.54. The van der Waals surface area contributed by atoms with E-state index in [1.54, 1.807) is 23.6 Å². The molecule has 0 bridgehead atoms. The molecule has 0 aliphatic rings. The lowest BCUT2D eigenvalue weighted by atomic mass is 10.1. The molecule has 0 amide bonds. The molecule has 2 rings (SSSR count). The van der Waals surface area contributed by atoms with Gasteiger partial charge in [-0.05, 0) is 31.5 Å². The van der Waals surface area contributed by atoms with Gasteiger partial charge in [0.25, 0.3) is 0 Å². The Balaban J connectivity index is 2.32. The van der Waals surface area contributed by atoms with Crippen LogP contribution in [0.2, 0.25) is 0 Å². The maximum atomic E-state index is 13.2. The first-order valence-electron chi connectivity index (χ1n) is 6.29. The maximum absolute atomic E-state index is 13.2. The number of rotatable bonds is 4. The minimum atomic E-state index is -0.560. The average molecular weight is 277 g/mol. The van der Waals surface area contributed by atoms with E-state index in [2.05, 4.69) is 4.98 Å². The molecule has 0 radical (unpaired) electrons. The zero-order chi connectivity index (χ0) is 14.7. The maximum Gasteiger partial charge on any atom is 0.360 e. The number of nitrogens with zero attached hydrogens (tertiary/aromatic N) is 2. The molecule has 1 atom stereocenters.